The average molecular weight is 358 g/mol. The molecule has 0 N–H and O–H groups in total. The van der Waals surface area contributed by atoms with Crippen molar-refractivity contribution in [3.8, 4) is 11.9 Å². The summed E-state index contributed by atoms with van der Waals surface area (Å²) in [6.45, 7) is 6.80. The maximum atomic E-state index is 8.91. The van der Waals surface area contributed by atoms with Gasteiger partial charge in [-0.2, -0.15) is 5.26 Å². The van der Waals surface area contributed by atoms with Gasteiger partial charge in [0, 0.05) is 45.1 Å². The van der Waals surface area contributed by atoms with Crippen molar-refractivity contribution in [3.63, 3.8) is 0 Å². The van der Waals surface area contributed by atoms with Crippen LogP contribution in [0, 0.1) is 18.3 Å². The highest BCUT2D eigenvalue weighted by Crippen LogP contribution is 2.18. The highest BCUT2D eigenvalue weighted by Gasteiger charge is 2.18. The van der Waals surface area contributed by atoms with Gasteiger partial charge in [0.05, 0.1) is 11.6 Å². The standard InChI is InChI=1S/C21H22N6/c1-17-23-9-10-27(17)21-4-2-3-20(24-21)26-13-11-25(12-14-26)16-19-7-5-18(15-22)6-8-19/h2-10H,11-14,16H2,1H3. The topological polar surface area (TPSA) is 61.0 Å². The molecule has 0 saturated carbocycles. The molecule has 0 aliphatic carbocycles. The lowest BCUT2D eigenvalue weighted by molar-refractivity contribution is 0.249. The lowest BCUT2D eigenvalue weighted by Crippen LogP contribution is -2.46. The van der Waals surface area contributed by atoms with Gasteiger partial charge < -0.3 is 4.90 Å². The maximum Gasteiger partial charge on any atom is 0.140 e. The molecule has 1 aliphatic rings. The van der Waals surface area contributed by atoms with Crippen LogP contribution in [0.1, 0.15) is 17.0 Å². The van der Waals surface area contributed by atoms with Gasteiger partial charge in [0.15, 0.2) is 0 Å². The molecule has 3 heterocycles. The van der Waals surface area contributed by atoms with E-state index in [0.717, 1.165) is 50.2 Å². The highest BCUT2D eigenvalue weighted by atomic mass is 15.3. The Kier molecular flexibility index (Phi) is 4.86. The molecule has 4 rings (SSSR count). The SMILES string of the molecule is Cc1nccn1-c1cccc(N2CCN(Cc3ccc(C#N)cc3)CC2)n1. The van der Waals surface area contributed by atoms with E-state index in [4.69, 9.17) is 10.2 Å². The molecule has 0 unspecified atom stereocenters. The van der Waals surface area contributed by atoms with Gasteiger partial charge in [0.1, 0.15) is 17.5 Å². The number of benzene rings is 1. The van der Waals surface area contributed by atoms with Crippen LogP contribution in [0.2, 0.25) is 0 Å². The Morgan fingerprint density at radius 1 is 1.00 bits per heavy atom. The number of hydrogen-bond donors (Lipinski definition) is 0. The Bertz CT molecular complexity index is 945. The Morgan fingerprint density at radius 2 is 1.74 bits per heavy atom. The van der Waals surface area contributed by atoms with Crippen LogP contribution in [0.5, 0.6) is 0 Å². The summed E-state index contributed by atoms with van der Waals surface area (Å²) in [5.41, 5.74) is 1.96. The lowest BCUT2D eigenvalue weighted by Gasteiger charge is -2.35. The van der Waals surface area contributed by atoms with E-state index in [0.29, 0.717) is 5.56 Å². The zero-order valence-electron chi connectivity index (χ0n) is 15.4. The summed E-state index contributed by atoms with van der Waals surface area (Å²) in [4.78, 5) is 13.9. The molecular weight excluding hydrogens is 336 g/mol. The number of hydrogen-bond acceptors (Lipinski definition) is 5. The second kappa shape index (κ2) is 7.60. The van der Waals surface area contributed by atoms with Crippen molar-refractivity contribution in [1.29, 1.82) is 5.26 Å². The van der Waals surface area contributed by atoms with Crippen LogP contribution in [0.4, 0.5) is 5.82 Å². The predicted molar refractivity (Wildman–Crippen MR) is 105 cm³/mol. The van der Waals surface area contributed by atoms with Crippen molar-refractivity contribution in [1.82, 2.24) is 19.4 Å². The van der Waals surface area contributed by atoms with Gasteiger partial charge in [0.2, 0.25) is 0 Å². The third kappa shape index (κ3) is 3.83. The quantitative estimate of drug-likeness (QED) is 0.718. The summed E-state index contributed by atoms with van der Waals surface area (Å²) < 4.78 is 2.00. The average Bonchev–Trinajstić information content (AvgIpc) is 3.15. The first-order valence-corrected chi connectivity index (χ1v) is 9.17. The molecule has 0 spiro atoms. The molecule has 3 aromatic rings. The number of anilines is 1. The number of aryl methyl sites for hydroxylation is 1. The molecule has 1 fully saturated rings. The van der Waals surface area contributed by atoms with Gasteiger partial charge >= 0.3 is 0 Å². The molecule has 1 saturated heterocycles. The number of pyridine rings is 1. The minimum Gasteiger partial charge on any atom is -0.354 e. The number of piperazine rings is 1. The van der Waals surface area contributed by atoms with Gasteiger partial charge in [-0.05, 0) is 36.8 Å². The molecule has 1 aliphatic heterocycles. The molecule has 1 aromatic carbocycles. The van der Waals surface area contributed by atoms with Crippen LogP contribution in [0.25, 0.3) is 5.82 Å². The van der Waals surface area contributed by atoms with Crippen LogP contribution < -0.4 is 4.90 Å². The fraction of sp³-hybridized carbons (Fsp3) is 0.286. The second-order valence-corrected chi connectivity index (χ2v) is 6.77. The fourth-order valence-electron chi connectivity index (χ4n) is 3.42. The van der Waals surface area contributed by atoms with Crippen LogP contribution in [-0.4, -0.2) is 45.6 Å². The van der Waals surface area contributed by atoms with Crippen LogP contribution in [0.15, 0.2) is 54.9 Å². The van der Waals surface area contributed by atoms with Crippen LogP contribution in [0.3, 0.4) is 0 Å². The number of rotatable bonds is 4. The molecule has 0 radical (unpaired) electrons. The number of nitriles is 1. The molecule has 0 amide bonds. The minimum absolute atomic E-state index is 0.711. The molecular formula is C21H22N6. The first kappa shape index (κ1) is 17.3. The van der Waals surface area contributed by atoms with Gasteiger partial charge in [-0.3, -0.25) is 9.47 Å². The summed E-state index contributed by atoms with van der Waals surface area (Å²) in [6.07, 6.45) is 3.74. The number of nitrogens with zero attached hydrogens (tertiary/aromatic N) is 6. The largest absolute Gasteiger partial charge is 0.354 e. The molecule has 2 aromatic heterocycles. The van der Waals surface area contributed by atoms with E-state index in [-0.39, 0.29) is 0 Å². The molecule has 0 atom stereocenters. The molecule has 6 nitrogen and oxygen atoms in total. The van der Waals surface area contributed by atoms with E-state index in [1.807, 2.05) is 48.0 Å². The first-order valence-electron chi connectivity index (χ1n) is 9.17. The summed E-state index contributed by atoms with van der Waals surface area (Å²) in [6, 6.07) is 16.2. The van der Waals surface area contributed by atoms with Crippen molar-refractivity contribution in [3.05, 3.63) is 71.8 Å². The Labute approximate surface area is 159 Å². The summed E-state index contributed by atoms with van der Waals surface area (Å²) in [5, 5.41) is 8.91. The Morgan fingerprint density at radius 3 is 2.41 bits per heavy atom. The third-order valence-corrected chi connectivity index (χ3v) is 4.98. The maximum absolute atomic E-state index is 8.91. The van der Waals surface area contributed by atoms with Gasteiger partial charge in [0.25, 0.3) is 0 Å². The predicted octanol–water partition coefficient (Wildman–Crippen LogP) is 2.77. The van der Waals surface area contributed by atoms with E-state index in [2.05, 4.69) is 33.0 Å². The Hall–Kier alpha value is -3.17. The van der Waals surface area contributed by atoms with Gasteiger partial charge in [-0.15, -0.1) is 0 Å². The first-order chi connectivity index (χ1) is 13.2. The zero-order valence-corrected chi connectivity index (χ0v) is 15.4. The van der Waals surface area contributed by atoms with Crippen molar-refractivity contribution in [2.75, 3.05) is 31.1 Å². The van der Waals surface area contributed by atoms with Crippen molar-refractivity contribution in [2.45, 2.75) is 13.5 Å². The van der Waals surface area contributed by atoms with Crippen molar-refractivity contribution >= 4 is 5.82 Å². The molecule has 136 valence electrons. The van der Waals surface area contributed by atoms with Crippen LogP contribution in [-0.2, 0) is 6.54 Å². The normalized spacial score (nSPS) is 14.9. The van der Waals surface area contributed by atoms with E-state index in [9.17, 15) is 0 Å². The second-order valence-electron chi connectivity index (χ2n) is 6.77. The molecule has 27 heavy (non-hydrogen) atoms. The fourth-order valence-corrected chi connectivity index (χ4v) is 3.42. The van der Waals surface area contributed by atoms with E-state index < -0.39 is 0 Å². The minimum atomic E-state index is 0.711. The lowest BCUT2D eigenvalue weighted by atomic mass is 10.1. The van der Waals surface area contributed by atoms with Crippen LogP contribution >= 0.6 is 0 Å². The van der Waals surface area contributed by atoms with Gasteiger partial charge in [-0.1, -0.05) is 18.2 Å². The molecule has 0 bridgehead atoms. The zero-order chi connectivity index (χ0) is 18.6. The third-order valence-electron chi connectivity index (χ3n) is 4.98. The van der Waals surface area contributed by atoms with Crippen molar-refractivity contribution in [2.24, 2.45) is 0 Å². The van der Waals surface area contributed by atoms with E-state index in [1.54, 1.807) is 6.20 Å². The summed E-state index contributed by atoms with van der Waals surface area (Å²) >= 11 is 0. The smallest absolute Gasteiger partial charge is 0.140 e. The number of aromatic nitrogens is 3. The monoisotopic (exact) mass is 358 g/mol. The highest BCUT2D eigenvalue weighted by molar-refractivity contribution is 5.43. The number of imidazole rings is 1. The van der Waals surface area contributed by atoms with E-state index in [1.165, 1.54) is 5.56 Å². The van der Waals surface area contributed by atoms with Gasteiger partial charge in [-0.25, -0.2) is 9.97 Å². The van der Waals surface area contributed by atoms with Crippen molar-refractivity contribution < 1.29 is 0 Å². The van der Waals surface area contributed by atoms with E-state index >= 15 is 0 Å². The molecule has 6 heteroatoms. The summed E-state index contributed by atoms with van der Waals surface area (Å²) in [5.74, 6) is 2.85. The summed E-state index contributed by atoms with van der Waals surface area (Å²) in [7, 11) is 0. The Balaban J connectivity index is 1.39.